The number of azide groups is 1. The lowest BCUT2D eigenvalue weighted by Crippen LogP contribution is -2.30. The van der Waals surface area contributed by atoms with E-state index in [1.165, 1.54) is 6.07 Å². The van der Waals surface area contributed by atoms with Gasteiger partial charge in [0.15, 0.2) is 9.84 Å². The number of fused-ring (bicyclic) bond motifs is 1. The number of rotatable bonds is 34. The fourth-order valence-corrected chi connectivity index (χ4v) is 7.46. The first kappa shape index (κ1) is 52.1. The highest BCUT2D eigenvalue weighted by Crippen LogP contribution is 2.31. The Hall–Kier alpha value is -4.51. The number of nitrogens with two attached hydrogens (primary N) is 1. The summed E-state index contributed by atoms with van der Waals surface area (Å²) < 4.78 is 91.2. The fourth-order valence-electron chi connectivity index (χ4n) is 6.17. The largest absolute Gasteiger partial charge is 0.492 e. The van der Waals surface area contributed by atoms with Gasteiger partial charge in [0, 0.05) is 61.4 Å². The predicted molar refractivity (Wildman–Crippen MR) is 235 cm³/mol. The maximum absolute atomic E-state index is 15.6. The lowest BCUT2D eigenvalue weighted by atomic mass is 10.0. The van der Waals surface area contributed by atoms with E-state index in [1.807, 2.05) is 24.3 Å². The van der Waals surface area contributed by atoms with Crippen molar-refractivity contribution >= 4 is 21.6 Å². The smallest absolute Gasteiger partial charge is 0.222 e. The third kappa shape index (κ3) is 20.1. The minimum absolute atomic E-state index is 0.0343. The van der Waals surface area contributed by atoms with Crippen molar-refractivity contribution < 1.29 is 60.2 Å². The molecule has 1 amide bonds. The van der Waals surface area contributed by atoms with E-state index in [0.29, 0.717) is 137 Å². The van der Waals surface area contributed by atoms with Crippen molar-refractivity contribution in [3.63, 3.8) is 0 Å². The molecule has 0 radical (unpaired) electrons. The van der Waals surface area contributed by atoms with Crippen molar-refractivity contribution in [2.24, 2.45) is 5.11 Å². The molecule has 2 heterocycles. The van der Waals surface area contributed by atoms with Crippen LogP contribution >= 0.6 is 0 Å². The Labute approximate surface area is 374 Å². The van der Waals surface area contributed by atoms with Crippen molar-refractivity contribution in [3.05, 3.63) is 81.6 Å². The van der Waals surface area contributed by atoms with Crippen molar-refractivity contribution in [2.75, 3.05) is 143 Å². The Balaban J connectivity index is 0.969. The predicted octanol–water partition coefficient (Wildman–Crippen LogP) is 3.90. The number of anilines is 1. The number of nitrogens with zero attached hydrogens (tertiary/aromatic N) is 5. The van der Waals surface area contributed by atoms with Gasteiger partial charge in [-0.15, -0.1) is 0 Å². The van der Waals surface area contributed by atoms with Crippen molar-refractivity contribution in [3.8, 4) is 16.9 Å². The molecule has 0 spiro atoms. The quantitative estimate of drug-likeness (QED) is 0.0374. The highest BCUT2D eigenvalue weighted by molar-refractivity contribution is 7.91. The van der Waals surface area contributed by atoms with Crippen LogP contribution in [0.25, 0.3) is 21.6 Å². The van der Waals surface area contributed by atoms with Gasteiger partial charge in [-0.25, -0.2) is 17.8 Å². The molecular weight excluding hydrogens is 858 g/mol. The van der Waals surface area contributed by atoms with Gasteiger partial charge in [-0.05, 0) is 59.5 Å². The average molecular weight is 920 g/mol. The molecule has 0 fully saturated rings. The number of ether oxygens (including phenoxy) is 9. The van der Waals surface area contributed by atoms with Gasteiger partial charge in [-0.2, -0.15) is 0 Å². The Morgan fingerprint density at radius 3 is 1.95 bits per heavy atom. The second kappa shape index (κ2) is 30.6. The number of hydrogen-bond acceptors (Lipinski definition) is 16. The van der Waals surface area contributed by atoms with E-state index in [9.17, 15) is 13.2 Å². The van der Waals surface area contributed by atoms with Gasteiger partial charge in [0.05, 0.1) is 111 Å². The van der Waals surface area contributed by atoms with Crippen LogP contribution in [0.2, 0.25) is 0 Å². The summed E-state index contributed by atoms with van der Waals surface area (Å²) in [6.45, 7) is 9.98. The highest BCUT2D eigenvalue weighted by Gasteiger charge is 2.24. The first-order valence-corrected chi connectivity index (χ1v) is 22.9. The molecule has 0 unspecified atom stereocenters. The average Bonchev–Trinajstić information content (AvgIpc) is 3.49. The highest BCUT2D eigenvalue weighted by atomic mass is 32.2. The van der Waals surface area contributed by atoms with Gasteiger partial charge in [0.1, 0.15) is 28.9 Å². The van der Waals surface area contributed by atoms with Crippen LogP contribution < -0.4 is 15.8 Å². The van der Waals surface area contributed by atoms with Gasteiger partial charge in [0.2, 0.25) is 5.91 Å². The second-order valence-electron chi connectivity index (χ2n) is 14.3. The minimum atomic E-state index is -4.02. The number of sulfone groups is 1. The zero-order valence-electron chi connectivity index (χ0n) is 36.6. The van der Waals surface area contributed by atoms with E-state index in [2.05, 4.69) is 25.2 Å². The lowest BCUT2D eigenvalue weighted by molar-refractivity contribution is -0.122. The van der Waals surface area contributed by atoms with Crippen LogP contribution in [-0.2, 0) is 65.6 Å². The minimum Gasteiger partial charge on any atom is -0.492 e. The molecule has 2 aromatic carbocycles. The van der Waals surface area contributed by atoms with Crippen LogP contribution in [0.1, 0.15) is 23.1 Å². The Morgan fingerprint density at radius 1 is 0.828 bits per heavy atom. The molecule has 0 atom stereocenters. The number of halogens is 1. The van der Waals surface area contributed by atoms with Crippen LogP contribution in [0.15, 0.2) is 58.7 Å². The molecule has 64 heavy (non-hydrogen) atoms. The molecule has 354 valence electrons. The standard InChI is InChI=1S/C43H62FN7O12S/c1-34-37(32-51-11-14-63-39-5-2-35(30-38(39)33-51)36-4-7-41(45)48-31-36)3-6-40(43(34)44)64(53,54)29-10-47-42(52)8-12-55-15-17-57-19-21-59-23-25-61-27-28-62-26-24-60-22-20-58-18-16-56-13-9-49-50-46/h2-7,30-31H,8-29,32-33H2,1H3,(H2,45,48)(H,47,52). The molecule has 21 heteroatoms. The van der Waals surface area contributed by atoms with E-state index in [4.69, 9.17) is 53.9 Å². The number of carbonyl (C=O) groups excluding carboxylic acids is 1. The number of nitrogen functional groups attached to an aromatic ring is 1. The van der Waals surface area contributed by atoms with Crippen LogP contribution in [0, 0.1) is 12.7 Å². The van der Waals surface area contributed by atoms with E-state index >= 15 is 4.39 Å². The maximum Gasteiger partial charge on any atom is 0.222 e. The van der Waals surface area contributed by atoms with Crippen molar-refractivity contribution in [2.45, 2.75) is 31.3 Å². The third-order valence-electron chi connectivity index (χ3n) is 9.60. The van der Waals surface area contributed by atoms with Crippen molar-refractivity contribution in [1.82, 2.24) is 15.2 Å². The number of pyridine rings is 1. The number of hydrogen-bond donors (Lipinski definition) is 2. The molecule has 0 aliphatic carbocycles. The molecular formula is C43H62FN7O12S. The van der Waals surface area contributed by atoms with E-state index < -0.39 is 26.3 Å². The van der Waals surface area contributed by atoms with Crippen LogP contribution in [0.5, 0.6) is 5.75 Å². The Kier molecular flexibility index (Phi) is 24.9. The summed E-state index contributed by atoms with van der Waals surface area (Å²) in [5, 5.41) is 5.95. The number of amides is 1. The van der Waals surface area contributed by atoms with E-state index in [-0.39, 0.29) is 37.6 Å². The summed E-state index contributed by atoms with van der Waals surface area (Å²) in [5.41, 5.74) is 17.7. The third-order valence-corrected chi connectivity index (χ3v) is 11.3. The van der Waals surface area contributed by atoms with Crippen LogP contribution in [0.4, 0.5) is 10.2 Å². The number of benzene rings is 2. The van der Waals surface area contributed by atoms with Crippen LogP contribution in [0.3, 0.4) is 0 Å². The maximum atomic E-state index is 15.6. The van der Waals surface area contributed by atoms with Gasteiger partial charge in [0.25, 0.3) is 0 Å². The lowest BCUT2D eigenvalue weighted by Gasteiger charge is -2.21. The number of nitrogens with one attached hydrogen (secondary N) is 1. The molecule has 1 aliphatic rings. The first-order chi connectivity index (χ1) is 31.2. The summed E-state index contributed by atoms with van der Waals surface area (Å²) in [5.74, 6) is -0.398. The van der Waals surface area contributed by atoms with Gasteiger partial charge >= 0.3 is 0 Å². The molecule has 4 rings (SSSR count). The summed E-state index contributed by atoms with van der Waals surface area (Å²) in [4.78, 5) is 20.9. The van der Waals surface area contributed by atoms with Crippen LogP contribution in [-0.4, -0.2) is 162 Å². The van der Waals surface area contributed by atoms with E-state index in [0.717, 1.165) is 22.4 Å². The van der Waals surface area contributed by atoms with Gasteiger partial charge in [-0.1, -0.05) is 17.2 Å². The molecule has 3 N–H and O–H groups in total. The molecule has 19 nitrogen and oxygen atoms in total. The molecule has 0 saturated carbocycles. The fraction of sp³-hybridized carbons (Fsp3) is 0.581. The monoisotopic (exact) mass is 919 g/mol. The molecule has 0 bridgehead atoms. The number of aromatic nitrogens is 1. The SMILES string of the molecule is Cc1c(CN2CCOc3ccc(-c4ccc(N)nc4)cc3C2)ccc(S(=O)(=O)CCNC(=O)CCOCCOCCOCCOCCOCCOCCOCCOCCN=[N+]=[N-])c1F. The molecule has 1 aliphatic heterocycles. The first-order valence-electron chi connectivity index (χ1n) is 21.3. The summed E-state index contributed by atoms with van der Waals surface area (Å²) in [7, 11) is -4.02. The normalized spacial score (nSPS) is 12.9. The van der Waals surface area contributed by atoms with Crippen molar-refractivity contribution in [1.29, 1.82) is 0 Å². The topological polar surface area (TPSA) is 237 Å². The Bertz CT molecular complexity index is 1980. The van der Waals surface area contributed by atoms with Gasteiger partial charge < -0.3 is 53.7 Å². The number of carbonyl (C=O) groups is 1. The second-order valence-corrected chi connectivity index (χ2v) is 16.4. The molecule has 3 aromatic rings. The summed E-state index contributed by atoms with van der Waals surface area (Å²) in [6.07, 6.45) is 1.75. The zero-order chi connectivity index (χ0) is 45.7. The summed E-state index contributed by atoms with van der Waals surface area (Å²) in [6, 6.07) is 12.6. The zero-order valence-corrected chi connectivity index (χ0v) is 37.4. The Morgan fingerprint density at radius 2 is 1.39 bits per heavy atom. The van der Waals surface area contributed by atoms with E-state index in [1.54, 1.807) is 25.3 Å². The molecule has 1 aromatic heterocycles. The van der Waals surface area contributed by atoms with Gasteiger partial charge in [-0.3, -0.25) is 9.69 Å². The summed E-state index contributed by atoms with van der Waals surface area (Å²) >= 11 is 0. The molecule has 0 saturated heterocycles.